The minimum atomic E-state index is -1.11. The Balaban J connectivity index is 1.97. The van der Waals surface area contributed by atoms with Crippen molar-refractivity contribution in [1.29, 1.82) is 0 Å². The van der Waals surface area contributed by atoms with Crippen molar-refractivity contribution in [3.05, 3.63) is 50.5 Å². The van der Waals surface area contributed by atoms with E-state index in [-0.39, 0.29) is 28.7 Å². The number of nitrogens with zero attached hydrogens (tertiary/aromatic N) is 1. The van der Waals surface area contributed by atoms with Crippen LogP contribution in [-0.4, -0.2) is 21.0 Å². The molecule has 0 unspecified atom stereocenters. The Hall–Kier alpha value is -2.15. The summed E-state index contributed by atoms with van der Waals surface area (Å²) in [5.74, 6) is -0.00817. The Kier molecular flexibility index (Phi) is 3.50. The van der Waals surface area contributed by atoms with E-state index in [1.807, 2.05) is 0 Å². The van der Waals surface area contributed by atoms with Crippen LogP contribution in [0.2, 0.25) is 0 Å². The average Bonchev–Trinajstić information content (AvgIpc) is 3.24. The van der Waals surface area contributed by atoms with Crippen LogP contribution in [0.15, 0.2) is 33.5 Å². The number of carboxylic acids is 1. The SMILES string of the molecule is O=C(O)c1cc(Br)ccc1Oc1cc(=O)[nH]c(C2CC2)n1. The zero-order chi connectivity index (χ0) is 15.0. The third kappa shape index (κ3) is 3.13. The number of ether oxygens (including phenoxy) is 1. The van der Waals surface area contributed by atoms with E-state index in [1.54, 1.807) is 6.07 Å². The maximum absolute atomic E-state index is 11.6. The molecule has 1 aromatic heterocycles. The molecule has 0 aliphatic heterocycles. The topological polar surface area (TPSA) is 92.3 Å². The van der Waals surface area contributed by atoms with Crippen molar-refractivity contribution in [2.24, 2.45) is 0 Å². The predicted molar refractivity (Wildman–Crippen MR) is 78.0 cm³/mol. The van der Waals surface area contributed by atoms with Crippen LogP contribution in [0.25, 0.3) is 0 Å². The van der Waals surface area contributed by atoms with Crippen molar-refractivity contribution in [3.63, 3.8) is 0 Å². The number of halogens is 1. The highest BCUT2D eigenvalue weighted by molar-refractivity contribution is 9.10. The molecule has 0 saturated heterocycles. The van der Waals surface area contributed by atoms with Gasteiger partial charge in [0.15, 0.2) is 0 Å². The van der Waals surface area contributed by atoms with Gasteiger partial charge in [-0.1, -0.05) is 15.9 Å². The van der Waals surface area contributed by atoms with Crippen molar-refractivity contribution in [2.75, 3.05) is 0 Å². The Morgan fingerprint density at radius 2 is 2.14 bits per heavy atom. The standard InChI is InChI=1S/C14H11BrN2O4/c15-8-3-4-10(9(5-8)14(19)20)21-12-6-11(18)16-13(17-12)7-1-2-7/h3-7H,1-2H2,(H,19,20)(H,16,17,18). The van der Waals surface area contributed by atoms with Gasteiger partial charge < -0.3 is 14.8 Å². The fourth-order valence-corrected chi connectivity index (χ4v) is 2.29. The fraction of sp³-hybridized carbons (Fsp3) is 0.214. The number of carboxylic acid groups (broad SMARTS) is 1. The minimum absolute atomic E-state index is 0.000529. The number of aromatic carboxylic acids is 1. The lowest BCUT2D eigenvalue weighted by molar-refractivity contribution is 0.0694. The van der Waals surface area contributed by atoms with Crippen molar-refractivity contribution < 1.29 is 14.6 Å². The molecule has 1 heterocycles. The van der Waals surface area contributed by atoms with Crippen LogP contribution in [-0.2, 0) is 0 Å². The highest BCUT2D eigenvalue weighted by Crippen LogP contribution is 2.38. The van der Waals surface area contributed by atoms with E-state index in [4.69, 9.17) is 4.74 Å². The summed E-state index contributed by atoms with van der Waals surface area (Å²) in [6.45, 7) is 0. The van der Waals surface area contributed by atoms with E-state index in [1.165, 1.54) is 18.2 Å². The van der Waals surface area contributed by atoms with Gasteiger partial charge in [0, 0.05) is 10.4 Å². The first-order chi connectivity index (χ1) is 10.0. The molecule has 0 amide bonds. The maximum Gasteiger partial charge on any atom is 0.339 e. The zero-order valence-corrected chi connectivity index (χ0v) is 12.4. The molecule has 0 spiro atoms. The fourth-order valence-electron chi connectivity index (χ4n) is 1.93. The molecule has 0 bridgehead atoms. The number of benzene rings is 1. The van der Waals surface area contributed by atoms with Gasteiger partial charge in [-0.3, -0.25) is 4.79 Å². The molecule has 21 heavy (non-hydrogen) atoms. The highest BCUT2D eigenvalue weighted by atomic mass is 79.9. The third-order valence-corrected chi connectivity index (χ3v) is 3.58. The van der Waals surface area contributed by atoms with E-state index in [2.05, 4.69) is 25.9 Å². The molecular weight excluding hydrogens is 340 g/mol. The second-order valence-corrected chi connectivity index (χ2v) is 5.71. The van der Waals surface area contributed by atoms with Crippen LogP contribution in [0.3, 0.4) is 0 Å². The quantitative estimate of drug-likeness (QED) is 0.884. The van der Waals surface area contributed by atoms with Crippen LogP contribution in [0.1, 0.15) is 34.9 Å². The lowest BCUT2D eigenvalue weighted by atomic mass is 10.2. The summed E-state index contributed by atoms with van der Waals surface area (Å²) in [6.07, 6.45) is 1.98. The smallest absolute Gasteiger partial charge is 0.339 e. The first-order valence-corrected chi connectivity index (χ1v) is 7.14. The van der Waals surface area contributed by atoms with Gasteiger partial charge in [0.05, 0.1) is 6.07 Å². The lowest BCUT2D eigenvalue weighted by Gasteiger charge is -2.09. The number of rotatable bonds is 4. The second-order valence-electron chi connectivity index (χ2n) is 4.79. The van der Waals surface area contributed by atoms with Gasteiger partial charge in [-0.05, 0) is 31.0 Å². The molecule has 0 atom stereocenters. The maximum atomic E-state index is 11.6. The molecule has 3 rings (SSSR count). The number of carbonyl (C=O) groups is 1. The summed E-state index contributed by atoms with van der Waals surface area (Å²) in [5, 5.41) is 9.19. The molecule has 1 saturated carbocycles. The number of H-pyrrole nitrogens is 1. The molecule has 2 N–H and O–H groups in total. The van der Waals surface area contributed by atoms with Gasteiger partial charge in [0.1, 0.15) is 17.1 Å². The summed E-state index contributed by atoms with van der Waals surface area (Å²) in [7, 11) is 0. The predicted octanol–water partition coefficient (Wildman–Crippen LogP) is 2.90. The summed E-state index contributed by atoms with van der Waals surface area (Å²) < 4.78 is 6.12. The largest absolute Gasteiger partial charge is 0.478 e. The number of aromatic amines is 1. The Morgan fingerprint density at radius 1 is 1.38 bits per heavy atom. The Labute approximate surface area is 127 Å². The van der Waals surface area contributed by atoms with Gasteiger partial charge in [-0.2, -0.15) is 4.98 Å². The first-order valence-electron chi connectivity index (χ1n) is 6.35. The number of hydrogen-bond donors (Lipinski definition) is 2. The van der Waals surface area contributed by atoms with Gasteiger partial charge in [0.25, 0.3) is 5.56 Å². The van der Waals surface area contributed by atoms with Gasteiger partial charge in [0.2, 0.25) is 5.88 Å². The summed E-state index contributed by atoms with van der Waals surface area (Å²) in [6, 6.07) is 5.83. The van der Waals surface area contributed by atoms with E-state index < -0.39 is 5.97 Å². The van der Waals surface area contributed by atoms with Gasteiger partial charge in [-0.25, -0.2) is 4.79 Å². The monoisotopic (exact) mass is 350 g/mol. The summed E-state index contributed by atoms with van der Waals surface area (Å²) >= 11 is 3.21. The molecule has 1 fully saturated rings. The van der Waals surface area contributed by atoms with E-state index in [0.29, 0.717) is 10.3 Å². The lowest BCUT2D eigenvalue weighted by Crippen LogP contribution is -2.11. The molecule has 7 heteroatoms. The molecule has 6 nitrogen and oxygen atoms in total. The summed E-state index contributed by atoms with van der Waals surface area (Å²) in [5.41, 5.74) is -0.310. The van der Waals surface area contributed by atoms with Crippen molar-refractivity contribution in [1.82, 2.24) is 9.97 Å². The number of hydrogen-bond acceptors (Lipinski definition) is 4. The van der Waals surface area contributed by atoms with E-state index in [9.17, 15) is 14.7 Å². The van der Waals surface area contributed by atoms with Crippen molar-refractivity contribution in [2.45, 2.75) is 18.8 Å². The zero-order valence-electron chi connectivity index (χ0n) is 10.8. The van der Waals surface area contributed by atoms with Crippen LogP contribution < -0.4 is 10.3 Å². The molecular formula is C14H11BrN2O4. The molecule has 0 radical (unpaired) electrons. The third-order valence-electron chi connectivity index (χ3n) is 3.09. The molecule has 2 aromatic rings. The first kappa shape index (κ1) is 13.8. The molecule has 1 aromatic carbocycles. The Morgan fingerprint density at radius 3 is 2.81 bits per heavy atom. The van der Waals surface area contributed by atoms with Crippen molar-refractivity contribution in [3.8, 4) is 11.6 Å². The number of nitrogens with one attached hydrogen (secondary N) is 1. The van der Waals surface area contributed by atoms with Crippen molar-refractivity contribution >= 4 is 21.9 Å². The van der Waals surface area contributed by atoms with Crippen LogP contribution in [0, 0.1) is 0 Å². The van der Waals surface area contributed by atoms with Gasteiger partial charge >= 0.3 is 5.97 Å². The number of aromatic nitrogens is 2. The highest BCUT2D eigenvalue weighted by Gasteiger charge is 2.26. The van der Waals surface area contributed by atoms with Crippen LogP contribution in [0.5, 0.6) is 11.6 Å². The molecule has 108 valence electrons. The second kappa shape index (κ2) is 5.33. The molecule has 1 aliphatic carbocycles. The molecule has 1 aliphatic rings. The van der Waals surface area contributed by atoms with Crippen LogP contribution >= 0.6 is 15.9 Å². The van der Waals surface area contributed by atoms with Gasteiger partial charge in [-0.15, -0.1) is 0 Å². The Bertz CT molecular complexity index is 768. The van der Waals surface area contributed by atoms with E-state index in [0.717, 1.165) is 12.8 Å². The summed E-state index contributed by atoms with van der Waals surface area (Å²) in [4.78, 5) is 29.7. The van der Waals surface area contributed by atoms with Crippen LogP contribution in [0.4, 0.5) is 0 Å². The van der Waals surface area contributed by atoms with E-state index >= 15 is 0 Å². The normalized spacial score (nSPS) is 14.0. The average molecular weight is 351 g/mol. The minimum Gasteiger partial charge on any atom is -0.478 e.